The maximum absolute atomic E-state index is 11.3. The lowest BCUT2D eigenvalue weighted by Gasteiger charge is -2.06. The van der Waals surface area contributed by atoms with E-state index in [0.29, 0.717) is 11.3 Å². The van der Waals surface area contributed by atoms with E-state index in [4.69, 9.17) is 0 Å². The van der Waals surface area contributed by atoms with E-state index in [2.05, 4.69) is 15.3 Å². The van der Waals surface area contributed by atoms with Crippen LogP contribution in [0.3, 0.4) is 0 Å². The number of rotatable bonds is 1. The summed E-state index contributed by atoms with van der Waals surface area (Å²) in [6, 6.07) is 5.54. The Morgan fingerprint density at radius 1 is 1.44 bits per heavy atom. The number of H-pyrrole nitrogens is 1. The first kappa shape index (κ1) is 10.4. The molecular formula is C11H11N3O2. The summed E-state index contributed by atoms with van der Waals surface area (Å²) in [5.41, 5.74) is 1.17. The Kier molecular flexibility index (Phi) is 2.44. The minimum Gasteiger partial charge on any atom is -0.310 e. The number of para-hydroxylation sites is 1. The van der Waals surface area contributed by atoms with Gasteiger partial charge in [0.1, 0.15) is 5.82 Å². The van der Waals surface area contributed by atoms with Crippen LogP contribution >= 0.6 is 0 Å². The number of nitrogens with one attached hydrogen (secondary N) is 2. The molecule has 0 aliphatic carbocycles. The van der Waals surface area contributed by atoms with Crippen molar-refractivity contribution in [3.8, 4) is 0 Å². The van der Waals surface area contributed by atoms with Gasteiger partial charge in [0.05, 0.1) is 5.52 Å². The number of hydrogen-bond donors (Lipinski definition) is 2. The van der Waals surface area contributed by atoms with Crippen molar-refractivity contribution in [3.63, 3.8) is 0 Å². The van der Waals surface area contributed by atoms with Crippen molar-refractivity contribution in [1.29, 1.82) is 0 Å². The molecule has 1 heterocycles. The normalized spacial score (nSPS) is 10.4. The second-order valence-electron chi connectivity index (χ2n) is 3.57. The second kappa shape index (κ2) is 3.77. The van der Waals surface area contributed by atoms with E-state index in [-0.39, 0.29) is 5.91 Å². The second-order valence-corrected chi connectivity index (χ2v) is 3.57. The largest absolute Gasteiger partial charge is 0.347 e. The Balaban J connectivity index is 2.78. The monoisotopic (exact) mass is 217 g/mol. The van der Waals surface area contributed by atoms with Crippen molar-refractivity contribution >= 4 is 22.6 Å². The van der Waals surface area contributed by atoms with Gasteiger partial charge in [-0.05, 0) is 18.6 Å². The quantitative estimate of drug-likeness (QED) is 0.753. The molecule has 0 atom stereocenters. The first-order valence-corrected chi connectivity index (χ1v) is 4.85. The molecule has 0 saturated carbocycles. The zero-order valence-corrected chi connectivity index (χ0v) is 9.00. The molecule has 1 aromatic heterocycles. The molecule has 0 bridgehead atoms. The van der Waals surface area contributed by atoms with Gasteiger partial charge >= 0.3 is 5.69 Å². The molecule has 5 heteroatoms. The van der Waals surface area contributed by atoms with Gasteiger partial charge in [0.2, 0.25) is 5.91 Å². The number of benzene rings is 1. The number of aryl methyl sites for hydroxylation is 1. The van der Waals surface area contributed by atoms with E-state index < -0.39 is 5.69 Å². The molecule has 0 aliphatic heterocycles. The van der Waals surface area contributed by atoms with Gasteiger partial charge in [-0.3, -0.25) is 4.79 Å². The van der Waals surface area contributed by atoms with Gasteiger partial charge in [-0.15, -0.1) is 0 Å². The van der Waals surface area contributed by atoms with Gasteiger partial charge in [-0.2, -0.15) is 4.98 Å². The number of fused-ring (bicyclic) bond motifs is 1. The van der Waals surface area contributed by atoms with Crippen molar-refractivity contribution < 1.29 is 4.79 Å². The van der Waals surface area contributed by atoms with Crippen molar-refractivity contribution in [2.24, 2.45) is 0 Å². The maximum atomic E-state index is 11.3. The number of hydrogen-bond acceptors (Lipinski definition) is 3. The zero-order chi connectivity index (χ0) is 11.7. The van der Waals surface area contributed by atoms with Crippen LogP contribution in [0, 0.1) is 6.92 Å². The molecule has 1 aromatic carbocycles. The van der Waals surface area contributed by atoms with E-state index in [9.17, 15) is 9.59 Å². The third-order valence-electron chi connectivity index (χ3n) is 2.27. The van der Waals surface area contributed by atoms with Crippen LogP contribution in [0.5, 0.6) is 0 Å². The average molecular weight is 217 g/mol. The first-order valence-electron chi connectivity index (χ1n) is 4.85. The molecule has 0 fully saturated rings. The highest BCUT2D eigenvalue weighted by molar-refractivity contribution is 5.98. The SMILES string of the molecule is CC(=O)Nc1nc(=O)[nH]c2c(C)cccc12. The molecule has 16 heavy (non-hydrogen) atoms. The van der Waals surface area contributed by atoms with Gasteiger partial charge in [0.15, 0.2) is 0 Å². The fourth-order valence-corrected chi connectivity index (χ4v) is 1.59. The molecule has 1 amide bonds. The van der Waals surface area contributed by atoms with Crippen molar-refractivity contribution in [3.05, 3.63) is 34.2 Å². The molecular weight excluding hydrogens is 206 g/mol. The Morgan fingerprint density at radius 2 is 2.19 bits per heavy atom. The summed E-state index contributed by atoms with van der Waals surface area (Å²) in [6.45, 7) is 3.26. The molecule has 2 aromatic rings. The van der Waals surface area contributed by atoms with E-state index >= 15 is 0 Å². The van der Waals surface area contributed by atoms with E-state index in [1.54, 1.807) is 6.07 Å². The minimum atomic E-state index is -0.467. The molecule has 2 rings (SSSR count). The van der Waals surface area contributed by atoms with Crippen LogP contribution in [-0.2, 0) is 4.79 Å². The predicted octanol–water partition coefficient (Wildman–Crippen LogP) is 1.19. The van der Waals surface area contributed by atoms with Crippen molar-refractivity contribution in [2.75, 3.05) is 5.32 Å². The topological polar surface area (TPSA) is 74.8 Å². The van der Waals surface area contributed by atoms with Crippen molar-refractivity contribution in [2.45, 2.75) is 13.8 Å². The molecule has 82 valence electrons. The highest BCUT2D eigenvalue weighted by atomic mass is 16.2. The van der Waals surface area contributed by atoms with E-state index in [1.165, 1.54) is 6.92 Å². The van der Waals surface area contributed by atoms with Gasteiger partial charge in [-0.1, -0.05) is 12.1 Å². The number of amides is 1. The van der Waals surface area contributed by atoms with Crippen molar-refractivity contribution in [1.82, 2.24) is 9.97 Å². The molecule has 0 unspecified atom stereocenters. The third-order valence-corrected chi connectivity index (χ3v) is 2.27. The Bertz CT molecular complexity index is 616. The maximum Gasteiger partial charge on any atom is 0.347 e. The lowest BCUT2D eigenvalue weighted by molar-refractivity contribution is -0.114. The van der Waals surface area contributed by atoms with Crippen LogP contribution in [0.2, 0.25) is 0 Å². The van der Waals surface area contributed by atoms with Crippen LogP contribution in [0.1, 0.15) is 12.5 Å². The van der Waals surface area contributed by atoms with Crippen LogP contribution < -0.4 is 11.0 Å². The Labute approximate surface area is 91.5 Å². The number of aromatic nitrogens is 2. The Morgan fingerprint density at radius 3 is 2.88 bits per heavy atom. The van der Waals surface area contributed by atoms with Crippen LogP contribution in [0.15, 0.2) is 23.0 Å². The first-order chi connectivity index (χ1) is 7.58. The summed E-state index contributed by atoms with van der Waals surface area (Å²) < 4.78 is 0. The standard InChI is InChI=1S/C11H11N3O2/c1-6-4-3-5-8-9(6)13-11(16)14-10(8)12-7(2)15/h3-5H,1-2H3,(H2,12,13,14,15,16). The highest BCUT2D eigenvalue weighted by Crippen LogP contribution is 2.20. The predicted molar refractivity (Wildman–Crippen MR) is 61.4 cm³/mol. The molecule has 2 N–H and O–H groups in total. The van der Waals surface area contributed by atoms with Gasteiger partial charge in [0, 0.05) is 12.3 Å². The fourth-order valence-electron chi connectivity index (χ4n) is 1.59. The summed E-state index contributed by atoms with van der Waals surface area (Å²) in [7, 11) is 0. The van der Waals surface area contributed by atoms with E-state index in [0.717, 1.165) is 10.9 Å². The zero-order valence-electron chi connectivity index (χ0n) is 9.00. The summed E-state index contributed by atoms with van der Waals surface area (Å²) in [6.07, 6.45) is 0. The highest BCUT2D eigenvalue weighted by Gasteiger charge is 2.07. The van der Waals surface area contributed by atoms with Crippen LogP contribution in [0.25, 0.3) is 10.9 Å². The number of anilines is 1. The fraction of sp³-hybridized carbons (Fsp3) is 0.182. The number of nitrogens with zero attached hydrogens (tertiary/aromatic N) is 1. The third kappa shape index (κ3) is 1.79. The molecule has 0 aliphatic rings. The summed E-state index contributed by atoms with van der Waals surface area (Å²) >= 11 is 0. The van der Waals surface area contributed by atoms with Crippen LogP contribution in [0.4, 0.5) is 5.82 Å². The van der Waals surface area contributed by atoms with Gasteiger partial charge in [0.25, 0.3) is 0 Å². The summed E-state index contributed by atoms with van der Waals surface area (Å²) in [4.78, 5) is 28.7. The van der Waals surface area contributed by atoms with Gasteiger partial charge < -0.3 is 10.3 Å². The van der Waals surface area contributed by atoms with Crippen LogP contribution in [-0.4, -0.2) is 15.9 Å². The molecule has 5 nitrogen and oxygen atoms in total. The van der Waals surface area contributed by atoms with Gasteiger partial charge in [-0.25, -0.2) is 4.79 Å². The average Bonchev–Trinajstić information content (AvgIpc) is 2.18. The Hall–Kier alpha value is -2.17. The number of aromatic amines is 1. The lowest BCUT2D eigenvalue weighted by Crippen LogP contribution is -2.16. The number of carbonyl (C=O) groups excluding carboxylic acids is 1. The number of carbonyl (C=O) groups is 1. The molecule has 0 saturated heterocycles. The summed E-state index contributed by atoms with van der Waals surface area (Å²) in [5, 5.41) is 3.28. The molecule has 0 radical (unpaired) electrons. The summed E-state index contributed by atoms with van der Waals surface area (Å²) in [5.74, 6) is 0.0517. The van der Waals surface area contributed by atoms with E-state index in [1.807, 2.05) is 19.1 Å². The minimum absolute atomic E-state index is 0.249. The smallest absolute Gasteiger partial charge is 0.310 e. The lowest BCUT2D eigenvalue weighted by atomic mass is 10.1. The molecule has 0 spiro atoms.